The molecule has 0 bridgehead atoms. The van der Waals surface area contributed by atoms with Crippen LogP contribution in [0.15, 0.2) is 65.1 Å². The number of amides is 1. The molecule has 1 heterocycles. The number of benzene rings is 2. The molecule has 0 aliphatic heterocycles. The van der Waals surface area contributed by atoms with E-state index in [2.05, 4.69) is 6.58 Å². The Hall–Kier alpha value is -3.25. The molecule has 6 nitrogen and oxygen atoms in total. The van der Waals surface area contributed by atoms with Crippen molar-refractivity contribution in [1.82, 2.24) is 9.47 Å². The number of halogens is 1. The fourth-order valence-corrected chi connectivity index (χ4v) is 3.84. The van der Waals surface area contributed by atoms with Crippen LogP contribution in [0, 0.1) is 0 Å². The first-order valence-corrected chi connectivity index (χ1v) is 10.8. The van der Waals surface area contributed by atoms with Crippen LogP contribution in [0.5, 0.6) is 11.5 Å². The van der Waals surface area contributed by atoms with E-state index in [-0.39, 0.29) is 29.5 Å². The summed E-state index contributed by atoms with van der Waals surface area (Å²) in [5, 5.41) is 0.914. The summed E-state index contributed by atoms with van der Waals surface area (Å²) in [7, 11) is 3.41. The molecule has 1 aliphatic carbocycles. The van der Waals surface area contributed by atoms with Crippen molar-refractivity contribution in [3.05, 3.63) is 81.6 Å². The number of hydrogen-bond acceptors (Lipinski definition) is 4. The fourth-order valence-electron chi connectivity index (χ4n) is 3.79. The molecule has 1 aromatic heterocycles. The Kier molecular flexibility index (Phi) is 6.24. The smallest absolute Gasteiger partial charge is 0.259 e. The van der Waals surface area contributed by atoms with Crippen molar-refractivity contribution in [2.24, 2.45) is 7.05 Å². The fraction of sp³-hybridized carbons (Fsp3) is 0.280. The van der Waals surface area contributed by atoms with Crippen LogP contribution < -0.4 is 14.9 Å². The van der Waals surface area contributed by atoms with Crippen LogP contribution in [0.1, 0.15) is 28.8 Å². The van der Waals surface area contributed by atoms with Gasteiger partial charge in [-0.1, -0.05) is 36.4 Å². The highest BCUT2D eigenvalue weighted by Gasteiger charge is 2.34. The molecule has 7 heteroatoms. The van der Waals surface area contributed by atoms with Crippen molar-refractivity contribution in [1.29, 1.82) is 0 Å². The minimum absolute atomic E-state index is 0.118. The average molecular weight is 453 g/mol. The molecule has 0 saturated heterocycles. The van der Waals surface area contributed by atoms with E-state index in [4.69, 9.17) is 21.1 Å². The highest BCUT2D eigenvalue weighted by Crippen LogP contribution is 2.33. The molecule has 1 amide bonds. The molecule has 0 atom stereocenters. The van der Waals surface area contributed by atoms with E-state index in [1.165, 1.54) is 0 Å². The van der Waals surface area contributed by atoms with Gasteiger partial charge in [0.2, 0.25) is 5.43 Å². The van der Waals surface area contributed by atoms with Crippen molar-refractivity contribution >= 4 is 28.4 Å². The van der Waals surface area contributed by atoms with Gasteiger partial charge in [-0.05, 0) is 42.7 Å². The molecule has 3 aromatic rings. The quantitative estimate of drug-likeness (QED) is 0.505. The number of rotatable bonds is 8. The Morgan fingerprint density at radius 3 is 2.66 bits per heavy atom. The van der Waals surface area contributed by atoms with Crippen molar-refractivity contribution in [3.8, 4) is 11.5 Å². The third-order valence-electron chi connectivity index (χ3n) is 5.54. The molecule has 166 valence electrons. The maximum absolute atomic E-state index is 13.5. The van der Waals surface area contributed by atoms with Crippen LogP contribution in [0.25, 0.3) is 10.9 Å². The first kappa shape index (κ1) is 22.0. The monoisotopic (exact) mass is 452 g/mol. The molecule has 0 spiro atoms. The Balaban J connectivity index is 1.66. The molecule has 1 aliphatic rings. The Morgan fingerprint density at radius 1 is 1.22 bits per heavy atom. The SMILES string of the molecule is C=C(Cl)COc1cc(CN(C(=O)c2cn(C)c3ccccc3c2=O)C2CC2)ccc1OC. The number of methoxy groups -OCH3 is 1. The van der Waals surface area contributed by atoms with E-state index in [0.717, 1.165) is 23.9 Å². The Bertz CT molecular complexity index is 1250. The van der Waals surface area contributed by atoms with Gasteiger partial charge in [0.25, 0.3) is 5.91 Å². The van der Waals surface area contributed by atoms with Gasteiger partial charge in [0.1, 0.15) is 12.2 Å². The van der Waals surface area contributed by atoms with Gasteiger partial charge in [0.05, 0.1) is 12.6 Å². The zero-order valence-electron chi connectivity index (χ0n) is 18.1. The number of carbonyl (C=O) groups is 1. The maximum atomic E-state index is 13.5. The van der Waals surface area contributed by atoms with Crippen molar-refractivity contribution in [2.45, 2.75) is 25.4 Å². The number of fused-ring (bicyclic) bond motifs is 1. The number of nitrogens with zero attached hydrogens (tertiary/aromatic N) is 2. The number of aryl methyl sites for hydroxylation is 1. The van der Waals surface area contributed by atoms with Crippen molar-refractivity contribution in [3.63, 3.8) is 0 Å². The first-order valence-electron chi connectivity index (χ1n) is 10.4. The number of hydrogen-bond donors (Lipinski definition) is 0. The molecular formula is C25H25ClN2O4. The average Bonchev–Trinajstić information content (AvgIpc) is 3.63. The van der Waals surface area contributed by atoms with Crippen LogP contribution in [-0.2, 0) is 13.6 Å². The van der Waals surface area contributed by atoms with Crippen molar-refractivity contribution < 1.29 is 14.3 Å². The number of carbonyl (C=O) groups excluding carboxylic acids is 1. The predicted octanol–water partition coefficient (Wildman–Crippen LogP) is 4.48. The van der Waals surface area contributed by atoms with Gasteiger partial charge in [-0.3, -0.25) is 9.59 Å². The zero-order valence-corrected chi connectivity index (χ0v) is 18.9. The first-order chi connectivity index (χ1) is 15.4. The van der Waals surface area contributed by atoms with E-state index < -0.39 is 0 Å². The normalized spacial score (nSPS) is 13.1. The topological polar surface area (TPSA) is 60.8 Å². The number of aromatic nitrogens is 1. The lowest BCUT2D eigenvalue weighted by Gasteiger charge is -2.23. The lowest BCUT2D eigenvalue weighted by atomic mass is 10.1. The predicted molar refractivity (Wildman–Crippen MR) is 126 cm³/mol. The molecular weight excluding hydrogens is 428 g/mol. The van der Waals surface area contributed by atoms with Gasteiger partial charge in [-0.25, -0.2) is 0 Å². The van der Waals surface area contributed by atoms with Crippen LogP contribution in [0.2, 0.25) is 0 Å². The van der Waals surface area contributed by atoms with E-state index in [1.54, 1.807) is 30.3 Å². The van der Waals surface area contributed by atoms with Crippen LogP contribution in [-0.4, -0.2) is 35.1 Å². The van der Waals surface area contributed by atoms with E-state index in [0.29, 0.717) is 28.5 Å². The molecule has 4 rings (SSSR count). The van der Waals surface area contributed by atoms with Gasteiger partial charge in [-0.2, -0.15) is 0 Å². The molecule has 0 radical (unpaired) electrons. The Morgan fingerprint density at radius 2 is 1.97 bits per heavy atom. The zero-order chi connectivity index (χ0) is 22.8. The molecule has 0 N–H and O–H groups in total. The second kappa shape index (κ2) is 9.09. The number of ether oxygens (including phenoxy) is 2. The summed E-state index contributed by atoms with van der Waals surface area (Å²) in [5.41, 5.74) is 1.61. The summed E-state index contributed by atoms with van der Waals surface area (Å²) in [6.07, 6.45) is 3.48. The van der Waals surface area contributed by atoms with E-state index in [9.17, 15) is 9.59 Å². The van der Waals surface area contributed by atoms with Crippen LogP contribution in [0.4, 0.5) is 0 Å². The summed E-state index contributed by atoms with van der Waals surface area (Å²) in [5.74, 6) is 0.835. The van der Waals surface area contributed by atoms with Gasteiger partial charge in [0.15, 0.2) is 11.5 Å². The lowest BCUT2D eigenvalue weighted by Crippen LogP contribution is -2.36. The highest BCUT2D eigenvalue weighted by atomic mass is 35.5. The third-order valence-corrected chi connectivity index (χ3v) is 5.65. The minimum Gasteiger partial charge on any atom is -0.493 e. The van der Waals surface area contributed by atoms with Gasteiger partial charge in [-0.15, -0.1) is 0 Å². The highest BCUT2D eigenvalue weighted by molar-refractivity contribution is 6.29. The summed E-state index contributed by atoms with van der Waals surface area (Å²) in [6.45, 7) is 4.15. The second-order valence-corrected chi connectivity index (χ2v) is 8.49. The van der Waals surface area contributed by atoms with E-state index in [1.807, 2.05) is 41.9 Å². The largest absolute Gasteiger partial charge is 0.493 e. The summed E-state index contributed by atoms with van der Waals surface area (Å²) < 4.78 is 12.9. The lowest BCUT2D eigenvalue weighted by molar-refractivity contribution is 0.0728. The summed E-state index contributed by atoms with van der Waals surface area (Å²) in [4.78, 5) is 28.4. The second-order valence-electron chi connectivity index (χ2n) is 7.96. The van der Waals surface area contributed by atoms with Gasteiger partial charge in [0, 0.05) is 36.2 Å². The maximum Gasteiger partial charge on any atom is 0.259 e. The minimum atomic E-state index is -0.258. The van der Waals surface area contributed by atoms with Crippen molar-refractivity contribution in [2.75, 3.05) is 13.7 Å². The molecule has 1 saturated carbocycles. The molecule has 32 heavy (non-hydrogen) atoms. The van der Waals surface area contributed by atoms with Gasteiger partial charge < -0.3 is 18.9 Å². The van der Waals surface area contributed by atoms with Crippen LogP contribution in [0.3, 0.4) is 0 Å². The summed E-state index contributed by atoms with van der Waals surface area (Å²) in [6, 6.07) is 13.0. The standard InChI is InChI=1S/C25H25ClN2O4/c1-16(26)15-32-23-12-17(8-11-22(23)31-3)13-28(18-9-10-18)25(30)20-14-27(2)21-7-5-4-6-19(21)24(20)29/h4-8,11-12,14,18H,1,9-10,13,15H2,2-3H3. The van der Waals surface area contributed by atoms with E-state index >= 15 is 0 Å². The Labute approximate surface area is 191 Å². The number of para-hydroxylation sites is 1. The van der Waals surface area contributed by atoms with Crippen LogP contribution >= 0.6 is 11.6 Å². The molecule has 1 fully saturated rings. The number of pyridine rings is 1. The van der Waals surface area contributed by atoms with Gasteiger partial charge >= 0.3 is 0 Å². The third kappa shape index (κ3) is 4.50. The molecule has 2 aromatic carbocycles. The summed E-state index contributed by atoms with van der Waals surface area (Å²) >= 11 is 5.83. The molecule has 0 unspecified atom stereocenters.